The van der Waals surface area contributed by atoms with Gasteiger partial charge in [0.15, 0.2) is 5.76 Å². The van der Waals surface area contributed by atoms with Crippen molar-refractivity contribution in [2.24, 2.45) is 0 Å². The van der Waals surface area contributed by atoms with Crippen LogP contribution in [0.3, 0.4) is 0 Å². The molecule has 0 aliphatic rings. The number of halogens is 2. The van der Waals surface area contributed by atoms with E-state index < -0.39 is 0 Å². The fraction of sp³-hybridized carbons (Fsp3) is 0. The van der Waals surface area contributed by atoms with Crippen molar-refractivity contribution in [3.63, 3.8) is 0 Å². The topological polar surface area (TPSA) is 52.0 Å². The molecule has 5 heteroatoms. The summed E-state index contributed by atoms with van der Waals surface area (Å²) in [6.45, 7) is 0. The van der Waals surface area contributed by atoms with E-state index in [1.54, 1.807) is 12.1 Å². The van der Waals surface area contributed by atoms with Crippen LogP contribution in [0.1, 0.15) is 0 Å². The van der Waals surface area contributed by atoms with Crippen molar-refractivity contribution in [1.82, 2.24) is 4.98 Å². The van der Waals surface area contributed by atoms with Crippen LogP contribution < -0.4 is 5.73 Å². The van der Waals surface area contributed by atoms with Gasteiger partial charge in [-0.15, -0.1) is 0 Å². The van der Waals surface area contributed by atoms with Crippen LogP contribution in [0.15, 0.2) is 33.3 Å². The lowest BCUT2D eigenvalue weighted by Gasteiger charge is -1.98. The Balaban J connectivity index is 2.55. The Morgan fingerprint density at radius 3 is 2.86 bits per heavy atom. The lowest BCUT2D eigenvalue weighted by molar-refractivity contribution is 0.579. The third-order valence-corrected chi connectivity index (χ3v) is 2.21. The Bertz CT molecular complexity index is 470. The number of anilines is 1. The van der Waals surface area contributed by atoms with Crippen LogP contribution in [-0.2, 0) is 0 Å². The average molecular weight is 257 g/mol. The van der Waals surface area contributed by atoms with Crippen LogP contribution in [0, 0.1) is 5.82 Å². The normalized spacial score (nSPS) is 10.4. The monoisotopic (exact) mass is 256 g/mol. The number of nitrogen functional groups attached to an aromatic ring is 1. The summed E-state index contributed by atoms with van der Waals surface area (Å²) in [6.07, 6.45) is 1.39. The molecule has 1 aromatic carbocycles. The molecule has 0 spiro atoms. The molecule has 0 aliphatic carbocycles. The number of rotatable bonds is 1. The van der Waals surface area contributed by atoms with Crippen molar-refractivity contribution >= 4 is 21.9 Å². The van der Waals surface area contributed by atoms with Crippen LogP contribution in [0.25, 0.3) is 11.3 Å². The first-order valence-electron chi connectivity index (χ1n) is 3.83. The molecule has 0 atom stereocenters. The maximum Gasteiger partial charge on any atom is 0.292 e. The minimum absolute atomic E-state index is 0.0272. The van der Waals surface area contributed by atoms with Crippen molar-refractivity contribution in [2.75, 3.05) is 5.73 Å². The summed E-state index contributed by atoms with van der Waals surface area (Å²) in [4.78, 5) is 3.69. The zero-order chi connectivity index (χ0) is 10.1. The van der Waals surface area contributed by atoms with Gasteiger partial charge in [-0.25, -0.2) is 9.37 Å². The van der Waals surface area contributed by atoms with Crippen LogP contribution in [0.5, 0.6) is 0 Å². The molecule has 0 radical (unpaired) electrons. The second kappa shape index (κ2) is 3.42. The second-order valence-electron chi connectivity index (χ2n) is 2.69. The van der Waals surface area contributed by atoms with E-state index >= 15 is 0 Å². The molecule has 2 N–H and O–H groups in total. The number of benzene rings is 1. The zero-order valence-electron chi connectivity index (χ0n) is 7.00. The Morgan fingerprint density at radius 1 is 1.43 bits per heavy atom. The third-order valence-electron chi connectivity index (χ3n) is 1.72. The van der Waals surface area contributed by atoms with Crippen molar-refractivity contribution < 1.29 is 8.81 Å². The second-order valence-corrected chi connectivity index (χ2v) is 3.60. The molecule has 0 bridgehead atoms. The first-order valence-corrected chi connectivity index (χ1v) is 4.63. The molecule has 72 valence electrons. The van der Waals surface area contributed by atoms with Crippen molar-refractivity contribution in [3.8, 4) is 11.3 Å². The molecule has 0 amide bonds. The van der Waals surface area contributed by atoms with Crippen molar-refractivity contribution in [3.05, 3.63) is 34.7 Å². The molecule has 3 nitrogen and oxygen atoms in total. The van der Waals surface area contributed by atoms with Gasteiger partial charge in [-0.05, 0) is 18.2 Å². The van der Waals surface area contributed by atoms with Crippen LogP contribution in [0.4, 0.5) is 10.4 Å². The number of hydrogen-bond donors (Lipinski definition) is 1. The average Bonchev–Trinajstić information content (AvgIpc) is 2.56. The highest BCUT2D eigenvalue weighted by Crippen LogP contribution is 2.27. The molecule has 2 aromatic rings. The summed E-state index contributed by atoms with van der Waals surface area (Å²) in [7, 11) is 0. The Morgan fingerprint density at radius 2 is 2.21 bits per heavy atom. The molecule has 0 fully saturated rings. The fourth-order valence-corrected chi connectivity index (χ4v) is 1.46. The summed E-state index contributed by atoms with van der Waals surface area (Å²) in [5, 5.41) is 0. The maximum atomic E-state index is 13.3. The number of aromatic nitrogens is 1. The highest BCUT2D eigenvalue weighted by molar-refractivity contribution is 9.10. The van der Waals surface area contributed by atoms with Crippen LogP contribution >= 0.6 is 15.9 Å². The molecular formula is C9H6BrFN2O. The lowest BCUT2D eigenvalue weighted by atomic mass is 10.2. The predicted octanol–water partition coefficient (Wildman–Crippen LogP) is 2.83. The molecule has 1 aromatic heterocycles. The largest absolute Gasteiger partial charge is 0.424 e. The van der Waals surface area contributed by atoms with Crippen LogP contribution in [-0.4, -0.2) is 4.98 Å². The van der Waals surface area contributed by atoms with Crippen molar-refractivity contribution in [2.45, 2.75) is 0 Å². The Hall–Kier alpha value is -1.36. The van der Waals surface area contributed by atoms with E-state index in [9.17, 15) is 4.39 Å². The highest BCUT2D eigenvalue weighted by atomic mass is 79.9. The molecule has 2 rings (SSSR count). The minimum Gasteiger partial charge on any atom is -0.424 e. The van der Waals surface area contributed by atoms with E-state index in [-0.39, 0.29) is 11.8 Å². The van der Waals surface area contributed by atoms with Gasteiger partial charge in [0, 0.05) is 4.47 Å². The molecule has 0 saturated heterocycles. The summed E-state index contributed by atoms with van der Waals surface area (Å²) in [5.41, 5.74) is 5.63. The summed E-state index contributed by atoms with van der Waals surface area (Å²) < 4.78 is 19.1. The standard InChI is InChI=1S/C9H6BrFN2O/c10-5-1-2-7(11)6(3-5)8-4-13-9(12)14-8/h1-4H,(H2,12,13). The van der Waals surface area contributed by atoms with Crippen LogP contribution in [0.2, 0.25) is 0 Å². The predicted molar refractivity (Wildman–Crippen MR) is 54.0 cm³/mol. The summed E-state index contributed by atoms with van der Waals surface area (Å²) in [6, 6.07) is 4.59. The van der Waals surface area contributed by atoms with E-state index in [0.29, 0.717) is 11.3 Å². The van der Waals surface area contributed by atoms with Gasteiger partial charge in [-0.1, -0.05) is 15.9 Å². The van der Waals surface area contributed by atoms with E-state index in [1.165, 1.54) is 12.3 Å². The van der Waals surface area contributed by atoms with E-state index in [2.05, 4.69) is 20.9 Å². The first-order chi connectivity index (χ1) is 6.66. The molecule has 14 heavy (non-hydrogen) atoms. The molecule has 1 heterocycles. The fourth-order valence-electron chi connectivity index (χ4n) is 1.10. The van der Waals surface area contributed by atoms with Gasteiger partial charge >= 0.3 is 0 Å². The Kier molecular flexibility index (Phi) is 2.25. The van der Waals surface area contributed by atoms with Crippen molar-refractivity contribution in [1.29, 1.82) is 0 Å². The number of nitrogens with two attached hydrogens (primary N) is 1. The van der Waals surface area contributed by atoms with Gasteiger partial charge < -0.3 is 10.2 Å². The first kappa shape index (κ1) is 9.21. The molecule has 0 unspecified atom stereocenters. The molecular weight excluding hydrogens is 251 g/mol. The number of hydrogen-bond acceptors (Lipinski definition) is 3. The Labute approximate surface area is 87.9 Å². The smallest absolute Gasteiger partial charge is 0.292 e. The SMILES string of the molecule is Nc1ncc(-c2cc(Br)ccc2F)o1. The van der Waals surface area contributed by atoms with E-state index in [4.69, 9.17) is 10.2 Å². The van der Waals surface area contributed by atoms with Gasteiger partial charge in [-0.3, -0.25) is 0 Å². The van der Waals surface area contributed by atoms with Gasteiger partial charge in [0.2, 0.25) is 0 Å². The lowest BCUT2D eigenvalue weighted by Crippen LogP contribution is -1.82. The quantitative estimate of drug-likeness (QED) is 0.854. The van der Waals surface area contributed by atoms with Gasteiger partial charge in [0.25, 0.3) is 6.01 Å². The number of nitrogens with zero attached hydrogens (tertiary/aromatic N) is 1. The van der Waals surface area contributed by atoms with Gasteiger partial charge in [0.05, 0.1) is 11.8 Å². The van der Waals surface area contributed by atoms with Gasteiger partial charge in [-0.2, -0.15) is 0 Å². The molecule has 0 aliphatic heterocycles. The van der Waals surface area contributed by atoms with Gasteiger partial charge in [0.1, 0.15) is 5.82 Å². The minimum atomic E-state index is -0.371. The number of oxazole rings is 1. The maximum absolute atomic E-state index is 13.3. The summed E-state index contributed by atoms with van der Waals surface area (Å²) >= 11 is 3.24. The van der Waals surface area contributed by atoms with E-state index in [1.807, 2.05) is 0 Å². The van der Waals surface area contributed by atoms with E-state index in [0.717, 1.165) is 4.47 Å². The molecule has 0 saturated carbocycles. The third kappa shape index (κ3) is 1.63. The highest BCUT2D eigenvalue weighted by Gasteiger charge is 2.09. The summed E-state index contributed by atoms with van der Waals surface area (Å²) in [5.74, 6) is -0.0503. The zero-order valence-corrected chi connectivity index (χ0v) is 8.58.